The van der Waals surface area contributed by atoms with Gasteiger partial charge in [0, 0.05) is 11.8 Å². The van der Waals surface area contributed by atoms with Gasteiger partial charge < -0.3 is 19.1 Å². The van der Waals surface area contributed by atoms with Gasteiger partial charge in [-0.15, -0.1) is 0 Å². The molecule has 148 valence electrons. The lowest BCUT2D eigenvalue weighted by Crippen LogP contribution is -2.28. The standard InChI is InChI=1S/C21H20N4O4/c1-15-11-20(27)25-21(22-14-23-25)24(15)12-16(26)13-28-17-7-9-19(10-8-17)29-18-5-3-2-4-6-18/h2-11,14,16,26H,12-13H2,1H3. The molecule has 0 radical (unpaired) electrons. The van der Waals surface area contributed by atoms with Crippen LogP contribution >= 0.6 is 0 Å². The minimum Gasteiger partial charge on any atom is -0.491 e. The van der Waals surface area contributed by atoms with Crippen molar-refractivity contribution in [2.45, 2.75) is 19.6 Å². The van der Waals surface area contributed by atoms with Gasteiger partial charge in [0.05, 0.1) is 6.54 Å². The second kappa shape index (κ2) is 8.15. The molecular formula is C21H20N4O4. The topological polar surface area (TPSA) is 90.9 Å². The number of hydrogen-bond acceptors (Lipinski definition) is 6. The highest BCUT2D eigenvalue weighted by molar-refractivity contribution is 5.35. The minimum absolute atomic E-state index is 0.0880. The SMILES string of the molecule is Cc1cc(=O)n2ncnc2n1CC(O)COc1ccc(Oc2ccccc2)cc1. The summed E-state index contributed by atoms with van der Waals surface area (Å²) in [5.41, 5.74) is 0.437. The molecule has 0 amide bonds. The van der Waals surface area contributed by atoms with Gasteiger partial charge in [-0.25, -0.2) is 0 Å². The second-order valence-corrected chi connectivity index (χ2v) is 6.56. The lowest BCUT2D eigenvalue weighted by Gasteiger charge is -2.17. The molecule has 2 heterocycles. The molecule has 2 aromatic heterocycles. The molecule has 0 fully saturated rings. The van der Waals surface area contributed by atoms with Crippen LogP contribution in [0.4, 0.5) is 0 Å². The molecule has 0 saturated heterocycles. The zero-order valence-electron chi connectivity index (χ0n) is 15.8. The number of aliphatic hydroxyl groups is 1. The number of nitrogens with zero attached hydrogens (tertiary/aromatic N) is 4. The number of para-hydroxylation sites is 1. The zero-order chi connectivity index (χ0) is 20.2. The maximum atomic E-state index is 11.9. The maximum absolute atomic E-state index is 11.9. The van der Waals surface area contributed by atoms with E-state index >= 15 is 0 Å². The average molecular weight is 392 g/mol. The number of hydrogen-bond donors (Lipinski definition) is 1. The summed E-state index contributed by atoms with van der Waals surface area (Å²) in [6.45, 7) is 2.10. The number of aromatic nitrogens is 4. The lowest BCUT2D eigenvalue weighted by molar-refractivity contribution is 0.0924. The van der Waals surface area contributed by atoms with Gasteiger partial charge in [-0.2, -0.15) is 14.6 Å². The molecule has 2 aromatic carbocycles. The van der Waals surface area contributed by atoms with Crippen LogP contribution in [0.3, 0.4) is 0 Å². The quantitative estimate of drug-likeness (QED) is 0.519. The Bertz CT molecular complexity index is 1150. The summed E-state index contributed by atoms with van der Waals surface area (Å²) >= 11 is 0. The van der Waals surface area contributed by atoms with E-state index in [1.165, 1.54) is 16.9 Å². The fraction of sp³-hybridized carbons (Fsp3) is 0.190. The van der Waals surface area contributed by atoms with Crippen LogP contribution < -0.4 is 15.0 Å². The van der Waals surface area contributed by atoms with Crippen molar-refractivity contribution in [2.75, 3.05) is 6.61 Å². The molecule has 0 bridgehead atoms. The van der Waals surface area contributed by atoms with Crippen molar-refractivity contribution in [3.8, 4) is 17.2 Å². The summed E-state index contributed by atoms with van der Waals surface area (Å²) in [6, 6.07) is 18.1. The number of aryl methyl sites for hydroxylation is 1. The van der Waals surface area contributed by atoms with Gasteiger partial charge in [-0.05, 0) is 43.3 Å². The third-order valence-corrected chi connectivity index (χ3v) is 4.38. The first-order valence-electron chi connectivity index (χ1n) is 9.14. The van der Waals surface area contributed by atoms with E-state index in [1.54, 1.807) is 35.8 Å². The molecular weight excluding hydrogens is 372 g/mol. The van der Waals surface area contributed by atoms with Crippen LogP contribution in [0, 0.1) is 6.92 Å². The molecule has 1 unspecified atom stereocenters. The van der Waals surface area contributed by atoms with E-state index in [2.05, 4.69) is 10.1 Å². The van der Waals surface area contributed by atoms with Crippen molar-refractivity contribution in [3.63, 3.8) is 0 Å². The Balaban J connectivity index is 1.37. The van der Waals surface area contributed by atoms with E-state index in [9.17, 15) is 9.90 Å². The number of ether oxygens (including phenoxy) is 2. The molecule has 0 aliphatic heterocycles. The highest BCUT2D eigenvalue weighted by Gasteiger charge is 2.13. The Morgan fingerprint density at radius 1 is 1.03 bits per heavy atom. The van der Waals surface area contributed by atoms with Gasteiger partial charge in [-0.1, -0.05) is 18.2 Å². The maximum Gasteiger partial charge on any atom is 0.275 e. The Hall–Kier alpha value is -3.65. The van der Waals surface area contributed by atoms with Gasteiger partial charge in [-0.3, -0.25) is 4.79 Å². The predicted molar refractivity (Wildman–Crippen MR) is 106 cm³/mol. The molecule has 4 aromatic rings. The molecule has 0 aliphatic carbocycles. The largest absolute Gasteiger partial charge is 0.491 e. The lowest BCUT2D eigenvalue weighted by atomic mass is 10.3. The van der Waals surface area contributed by atoms with Gasteiger partial charge >= 0.3 is 0 Å². The predicted octanol–water partition coefficient (Wildman–Crippen LogP) is 2.43. The third-order valence-electron chi connectivity index (χ3n) is 4.38. The molecule has 1 atom stereocenters. The Morgan fingerprint density at radius 3 is 2.48 bits per heavy atom. The monoisotopic (exact) mass is 392 g/mol. The van der Waals surface area contributed by atoms with Crippen molar-refractivity contribution in [2.24, 2.45) is 0 Å². The Morgan fingerprint density at radius 2 is 1.72 bits per heavy atom. The summed E-state index contributed by atoms with van der Waals surface area (Å²) in [5, 5.41) is 14.3. The number of benzene rings is 2. The fourth-order valence-electron chi connectivity index (χ4n) is 2.96. The highest BCUT2D eigenvalue weighted by atomic mass is 16.5. The van der Waals surface area contributed by atoms with Crippen molar-refractivity contribution in [1.29, 1.82) is 0 Å². The van der Waals surface area contributed by atoms with Crippen LogP contribution in [-0.4, -0.2) is 37.0 Å². The van der Waals surface area contributed by atoms with Crippen LogP contribution in [0.25, 0.3) is 5.78 Å². The van der Waals surface area contributed by atoms with E-state index < -0.39 is 6.10 Å². The Labute approximate surface area is 166 Å². The fourth-order valence-corrected chi connectivity index (χ4v) is 2.96. The van der Waals surface area contributed by atoms with Crippen LogP contribution in [0.5, 0.6) is 17.2 Å². The van der Waals surface area contributed by atoms with Crippen molar-refractivity contribution in [1.82, 2.24) is 19.2 Å². The van der Waals surface area contributed by atoms with Crippen LogP contribution in [0.15, 0.2) is 71.8 Å². The summed E-state index contributed by atoms with van der Waals surface area (Å²) in [5.74, 6) is 2.46. The van der Waals surface area contributed by atoms with Crippen LogP contribution in [0.1, 0.15) is 5.69 Å². The second-order valence-electron chi connectivity index (χ2n) is 6.56. The smallest absolute Gasteiger partial charge is 0.275 e. The average Bonchev–Trinajstić information content (AvgIpc) is 3.22. The number of fused-ring (bicyclic) bond motifs is 1. The first-order chi connectivity index (χ1) is 14.1. The van der Waals surface area contributed by atoms with E-state index in [4.69, 9.17) is 9.47 Å². The van der Waals surface area contributed by atoms with Crippen LogP contribution in [0.2, 0.25) is 0 Å². The Kier molecular flexibility index (Phi) is 5.26. The molecule has 8 heteroatoms. The van der Waals surface area contributed by atoms with Crippen molar-refractivity contribution in [3.05, 3.63) is 83.0 Å². The molecule has 0 aliphatic rings. The van der Waals surface area contributed by atoms with Crippen molar-refractivity contribution < 1.29 is 14.6 Å². The van der Waals surface area contributed by atoms with Gasteiger partial charge in [0.2, 0.25) is 5.78 Å². The summed E-state index contributed by atoms with van der Waals surface area (Å²) in [4.78, 5) is 16.0. The highest BCUT2D eigenvalue weighted by Crippen LogP contribution is 2.23. The van der Waals surface area contributed by atoms with Crippen LogP contribution in [-0.2, 0) is 6.54 Å². The first kappa shape index (κ1) is 18.7. The van der Waals surface area contributed by atoms with E-state index in [0.717, 1.165) is 5.75 Å². The van der Waals surface area contributed by atoms with Gasteiger partial charge in [0.25, 0.3) is 5.56 Å². The minimum atomic E-state index is -0.794. The molecule has 4 rings (SSSR count). The first-order valence-corrected chi connectivity index (χ1v) is 9.14. The summed E-state index contributed by atoms with van der Waals surface area (Å²) in [6.07, 6.45) is 0.520. The zero-order valence-corrected chi connectivity index (χ0v) is 15.8. The molecule has 0 spiro atoms. The van der Waals surface area contributed by atoms with Crippen molar-refractivity contribution >= 4 is 5.78 Å². The number of aliphatic hydroxyl groups excluding tert-OH is 1. The summed E-state index contributed by atoms with van der Waals surface area (Å²) in [7, 11) is 0. The van der Waals surface area contributed by atoms with Gasteiger partial charge in [0.1, 0.15) is 36.3 Å². The normalized spacial score (nSPS) is 12.1. The number of rotatable bonds is 7. The molecule has 0 saturated carbocycles. The van der Waals surface area contributed by atoms with E-state index in [0.29, 0.717) is 23.0 Å². The van der Waals surface area contributed by atoms with Gasteiger partial charge in [0.15, 0.2) is 0 Å². The molecule has 8 nitrogen and oxygen atoms in total. The molecule has 29 heavy (non-hydrogen) atoms. The summed E-state index contributed by atoms with van der Waals surface area (Å²) < 4.78 is 14.4. The molecule has 1 N–H and O–H groups in total. The van der Waals surface area contributed by atoms with E-state index in [1.807, 2.05) is 30.3 Å². The van der Waals surface area contributed by atoms with E-state index in [-0.39, 0.29) is 18.7 Å². The third kappa shape index (κ3) is 4.27.